The Labute approximate surface area is 225 Å². The molecule has 4 heterocycles. The first-order valence-electron chi connectivity index (χ1n) is 12.1. The lowest BCUT2D eigenvalue weighted by molar-refractivity contribution is 0.000917. The van der Waals surface area contributed by atoms with E-state index < -0.39 is 17.7 Å². The summed E-state index contributed by atoms with van der Waals surface area (Å²) in [4.78, 5) is 34.0. The molecule has 9 nitrogen and oxygen atoms in total. The summed E-state index contributed by atoms with van der Waals surface area (Å²) in [6, 6.07) is 5.16. The van der Waals surface area contributed by atoms with Crippen molar-refractivity contribution in [1.29, 1.82) is 0 Å². The molecule has 0 N–H and O–H groups in total. The average molecular weight is 550 g/mol. The molecule has 5 rings (SSSR count). The maximum Gasteiger partial charge on any atom is 0.410 e. The molecule has 1 fully saturated rings. The molecule has 198 valence electrons. The summed E-state index contributed by atoms with van der Waals surface area (Å²) in [5.74, 6) is 0.732. The van der Waals surface area contributed by atoms with Crippen LogP contribution in [-0.4, -0.2) is 70.3 Å². The standard InChI is InChI=1S/C26H29Cl2N3O6/c1-25(2,3)37-24(33)30-9-10-31-15(12-30)13-34-20-17(23(31)32)22(29-21(28)18(20)27)35-16-8-6-7-14-11-26(4,5)36-19(14)16/h6-8,15H,9-13H2,1-5H3/t15-/m1/s1. The van der Waals surface area contributed by atoms with Crippen molar-refractivity contribution in [2.75, 3.05) is 26.2 Å². The van der Waals surface area contributed by atoms with Crippen molar-refractivity contribution in [3.05, 3.63) is 39.5 Å². The third-order valence-corrected chi connectivity index (χ3v) is 7.03. The van der Waals surface area contributed by atoms with E-state index in [9.17, 15) is 9.59 Å². The zero-order chi connectivity index (χ0) is 26.7. The van der Waals surface area contributed by atoms with Gasteiger partial charge in [0.05, 0.1) is 6.04 Å². The number of fused-ring (bicyclic) bond motifs is 3. The van der Waals surface area contributed by atoms with Crippen LogP contribution in [0.4, 0.5) is 4.79 Å². The molecule has 0 spiro atoms. The monoisotopic (exact) mass is 549 g/mol. The normalized spacial score (nSPS) is 20.2. The number of para-hydroxylation sites is 1. The molecule has 0 saturated carbocycles. The van der Waals surface area contributed by atoms with Crippen LogP contribution in [0.25, 0.3) is 0 Å². The highest BCUT2D eigenvalue weighted by Crippen LogP contribution is 2.47. The maximum absolute atomic E-state index is 13.8. The quantitative estimate of drug-likeness (QED) is 0.466. The fourth-order valence-electron chi connectivity index (χ4n) is 4.75. The summed E-state index contributed by atoms with van der Waals surface area (Å²) in [5, 5.41) is -0.0239. The number of halogens is 2. The van der Waals surface area contributed by atoms with Crippen molar-refractivity contribution in [3.8, 4) is 23.1 Å². The minimum Gasteiger partial charge on any atom is -0.489 e. The van der Waals surface area contributed by atoms with E-state index in [0.717, 1.165) is 12.0 Å². The largest absolute Gasteiger partial charge is 0.489 e. The van der Waals surface area contributed by atoms with Gasteiger partial charge in [-0.2, -0.15) is 4.98 Å². The van der Waals surface area contributed by atoms with Crippen LogP contribution >= 0.6 is 23.2 Å². The van der Waals surface area contributed by atoms with Crippen LogP contribution in [0.2, 0.25) is 10.2 Å². The summed E-state index contributed by atoms with van der Waals surface area (Å²) in [6.07, 6.45) is 0.284. The molecule has 1 aromatic heterocycles. The number of ether oxygens (including phenoxy) is 4. The Morgan fingerprint density at radius 2 is 1.95 bits per heavy atom. The highest BCUT2D eigenvalue weighted by atomic mass is 35.5. The van der Waals surface area contributed by atoms with Gasteiger partial charge in [-0.3, -0.25) is 4.79 Å². The Kier molecular flexibility index (Phi) is 6.35. The fraction of sp³-hybridized carbons (Fsp3) is 0.500. The predicted molar refractivity (Wildman–Crippen MR) is 137 cm³/mol. The number of hydrogen-bond donors (Lipinski definition) is 0. The third-order valence-electron chi connectivity index (χ3n) is 6.31. The molecular weight excluding hydrogens is 521 g/mol. The van der Waals surface area contributed by atoms with Gasteiger partial charge in [0, 0.05) is 31.6 Å². The number of carbonyl (C=O) groups is 2. The second kappa shape index (κ2) is 9.13. The van der Waals surface area contributed by atoms with E-state index in [-0.39, 0.29) is 58.6 Å². The summed E-state index contributed by atoms with van der Waals surface area (Å²) in [7, 11) is 0. The second-order valence-corrected chi connectivity index (χ2v) is 11.7. The summed E-state index contributed by atoms with van der Waals surface area (Å²) in [5.41, 5.74) is 0.0647. The molecule has 0 unspecified atom stereocenters. The molecule has 0 bridgehead atoms. The van der Waals surface area contributed by atoms with Crippen LogP contribution in [0.1, 0.15) is 50.5 Å². The topological polar surface area (TPSA) is 90.4 Å². The van der Waals surface area contributed by atoms with Crippen molar-refractivity contribution in [1.82, 2.24) is 14.8 Å². The van der Waals surface area contributed by atoms with E-state index in [1.54, 1.807) is 15.9 Å². The number of pyridine rings is 1. The van der Waals surface area contributed by atoms with E-state index >= 15 is 0 Å². The Hall–Kier alpha value is -2.91. The first-order chi connectivity index (χ1) is 17.3. The van der Waals surface area contributed by atoms with Gasteiger partial charge >= 0.3 is 6.09 Å². The molecule has 0 aliphatic carbocycles. The molecule has 1 atom stereocenters. The smallest absolute Gasteiger partial charge is 0.410 e. The maximum atomic E-state index is 13.8. The summed E-state index contributed by atoms with van der Waals surface area (Å²) in [6.45, 7) is 10.4. The van der Waals surface area contributed by atoms with Crippen LogP contribution in [0.15, 0.2) is 18.2 Å². The average Bonchev–Trinajstić information content (AvgIpc) is 3.05. The number of nitrogens with zero attached hydrogens (tertiary/aromatic N) is 3. The summed E-state index contributed by atoms with van der Waals surface area (Å²) >= 11 is 12.8. The number of benzene rings is 1. The third kappa shape index (κ3) is 4.99. The van der Waals surface area contributed by atoms with Gasteiger partial charge in [0.2, 0.25) is 5.88 Å². The molecule has 0 radical (unpaired) electrons. The lowest BCUT2D eigenvalue weighted by Crippen LogP contribution is -2.58. The van der Waals surface area contributed by atoms with Gasteiger partial charge in [0.15, 0.2) is 22.4 Å². The number of piperazine rings is 1. The molecule has 2 aromatic rings. The molecular formula is C26H29Cl2N3O6. The molecule has 1 aromatic carbocycles. The van der Waals surface area contributed by atoms with Gasteiger partial charge in [0.25, 0.3) is 5.91 Å². The van der Waals surface area contributed by atoms with Crippen LogP contribution in [0.5, 0.6) is 23.1 Å². The SMILES string of the molecule is CC(C)(C)OC(=O)N1CCN2C(=O)c3c(Oc4cccc5c4OC(C)(C)C5)nc(Cl)c(Cl)c3OC[C@H]2C1. The van der Waals surface area contributed by atoms with E-state index in [0.29, 0.717) is 18.0 Å². The van der Waals surface area contributed by atoms with E-state index in [2.05, 4.69) is 4.98 Å². The number of aromatic nitrogens is 1. The zero-order valence-electron chi connectivity index (χ0n) is 21.4. The van der Waals surface area contributed by atoms with Gasteiger partial charge in [-0.15, -0.1) is 0 Å². The first-order valence-corrected chi connectivity index (χ1v) is 12.9. The number of carbonyl (C=O) groups excluding carboxylic acids is 2. The van der Waals surface area contributed by atoms with Crippen molar-refractivity contribution in [3.63, 3.8) is 0 Å². The fourth-order valence-corrected chi connectivity index (χ4v) is 5.10. The van der Waals surface area contributed by atoms with Crippen molar-refractivity contribution < 1.29 is 28.5 Å². The second-order valence-electron chi connectivity index (χ2n) is 11.0. The zero-order valence-corrected chi connectivity index (χ0v) is 22.9. The van der Waals surface area contributed by atoms with Crippen LogP contribution in [-0.2, 0) is 11.2 Å². The number of hydrogen-bond acceptors (Lipinski definition) is 7. The molecule has 2 amide bonds. The van der Waals surface area contributed by atoms with Crippen LogP contribution in [0.3, 0.4) is 0 Å². The molecule has 1 saturated heterocycles. The lowest BCUT2D eigenvalue weighted by atomic mass is 10.0. The molecule has 11 heteroatoms. The Balaban J connectivity index is 1.46. The Morgan fingerprint density at radius 1 is 1.19 bits per heavy atom. The van der Waals surface area contributed by atoms with Crippen molar-refractivity contribution in [2.24, 2.45) is 0 Å². The van der Waals surface area contributed by atoms with Gasteiger partial charge < -0.3 is 28.7 Å². The lowest BCUT2D eigenvalue weighted by Gasteiger charge is -2.40. The predicted octanol–water partition coefficient (Wildman–Crippen LogP) is 5.35. The highest BCUT2D eigenvalue weighted by Gasteiger charge is 2.41. The minimum absolute atomic E-state index is 0.0219. The van der Waals surface area contributed by atoms with Crippen LogP contribution in [0, 0.1) is 0 Å². The van der Waals surface area contributed by atoms with E-state index in [1.807, 2.05) is 46.8 Å². The summed E-state index contributed by atoms with van der Waals surface area (Å²) < 4.78 is 23.8. The number of rotatable bonds is 2. The van der Waals surface area contributed by atoms with E-state index in [1.165, 1.54) is 0 Å². The molecule has 3 aliphatic heterocycles. The van der Waals surface area contributed by atoms with Crippen molar-refractivity contribution in [2.45, 2.75) is 58.3 Å². The first kappa shape index (κ1) is 25.7. The molecule has 3 aliphatic rings. The molecule has 37 heavy (non-hydrogen) atoms. The van der Waals surface area contributed by atoms with Crippen LogP contribution < -0.4 is 14.2 Å². The van der Waals surface area contributed by atoms with Gasteiger partial charge in [0.1, 0.15) is 28.4 Å². The highest BCUT2D eigenvalue weighted by molar-refractivity contribution is 6.42. The minimum atomic E-state index is -0.626. The van der Waals surface area contributed by atoms with Gasteiger partial charge in [-0.25, -0.2) is 4.79 Å². The Morgan fingerprint density at radius 3 is 2.68 bits per heavy atom. The number of amides is 2. The Bertz CT molecular complexity index is 1280. The van der Waals surface area contributed by atoms with E-state index in [4.69, 9.17) is 42.1 Å². The van der Waals surface area contributed by atoms with Crippen molar-refractivity contribution >= 4 is 35.2 Å². The van der Waals surface area contributed by atoms with Gasteiger partial charge in [-0.05, 0) is 40.7 Å². The van der Waals surface area contributed by atoms with Gasteiger partial charge in [-0.1, -0.05) is 35.3 Å².